The van der Waals surface area contributed by atoms with Crippen molar-refractivity contribution in [2.24, 2.45) is 5.92 Å². The van der Waals surface area contributed by atoms with Gasteiger partial charge in [-0.05, 0) is 53.5 Å². The molecule has 1 saturated heterocycles. The lowest BCUT2D eigenvalue weighted by Crippen LogP contribution is -2.39. The van der Waals surface area contributed by atoms with Crippen LogP contribution in [0.5, 0.6) is 0 Å². The molecule has 5 heteroatoms. The zero-order valence-electron chi connectivity index (χ0n) is 11.0. The third kappa shape index (κ3) is 3.54. The fourth-order valence-electron chi connectivity index (χ4n) is 2.47. The van der Waals surface area contributed by atoms with Gasteiger partial charge in [-0.3, -0.25) is 9.69 Å². The first-order valence-electron chi connectivity index (χ1n) is 6.48. The fourth-order valence-corrected chi connectivity index (χ4v) is 2.86. The van der Waals surface area contributed by atoms with Crippen molar-refractivity contribution in [3.63, 3.8) is 0 Å². The normalized spacial score (nSPS) is 17.4. The van der Waals surface area contributed by atoms with Gasteiger partial charge < -0.3 is 5.32 Å². The molecule has 0 spiro atoms. The van der Waals surface area contributed by atoms with E-state index in [1.54, 1.807) is 13.1 Å². The van der Waals surface area contributed by atoms with Crippen molar-refractivity contribution in [2.45, 2.75) is 19.4 Å². The topological polar surface area (TPSA) is 32.3 Å². The number of hydrogen-bond donors (Lipinski definition) is 1. The van der Waals surface area contributed by atoms with Crippen molar-refractivity contribution in [1.82, 2.24) is 10.2 Å². The maximum atomic E-state index is 13.4. The van der Waals surface area contributed by atoms with Crippen molar-refractivity contribution in [3.05, 3.63) is 34.1 Å². The van der Waals surface area contributed by atoms with Gasteiger partial charge in [-0.2, -0.15) is 0 Å². The Kier molecular flexibility index (Phi) is 4.93. The largest absolute Gasteiger partial charge is 0.359 e. The summed E-state index contributed by atoms with van der Waals surface area (Å²) < 4.78 is 14.0. The average Bonchev–Trinajstić information content (AvgIpc) is 2.44. The Morgan fingerprint density at radius 3 is 2.79 bits per heavy atom. The highest BCUT2D eigenvalue weighted by molar-refractivity contribution is 9.10. The molecule has 0 atom stereocenters. The number of nitrogens with zero attached hydrogens (tertiary/aromatic N) is 1. The lowest BCUT2D eigenvalue weighted by Gasteiger charge is -2.31. The van der Waals surface area contributed by atoms with Gasteiger partial charge in [0, 0.05) is 19.5 Å². The zero-order valence-corrected chi connectivity index (χ0v) is 12.5. The van der Waals surface area contributed by atoms with E-state index >= 15 is 0 Å². The molecule has 3 nitrogen and oxygen atoms in total. The van der Waals surface area contributed by atoms with Crippen LogP contribution in [0.3, 0.4) is 0 Å². The van der Waals surface area contributed by atoms with E-state index in [9.17, 15) is 9.18 Å². The molecule has 104 valence electrons. The minimum atomic E-state index is -0.224. The van der Waals surface area contributed by atoms with Crippen LogP contribution in [0.2, 0.25) is 0 Å². The molecule has 0 aliphatic carbocycles. The Morgan fingerprint density at radius 1 is 1.47 bits per heavy atom. The molecule has 0 bridgehead atoms. The monoisotopic (exact) mass is 328 g/mol. The second-order valence-corrected chi connectivity index (χ2v) is 5.67. The van der Waals surface area contributed by atoms with E-state index in [0.29, 0.717) is 4.47 Å². The van der Waals surface area contributed by atoms with E-state index in [0.717, 1.165) is 38.0 Å². The first kappa shape index (κ1) is 14.5. The van der Waals surface area contributed by atoms with Crippen molar-refractivity contribution in [3.8, 4) is 0 Å². The SMILES string of the molecule is CNC(=O)C1CCN(Cc2cccc(F)c2Br)CC1. The molecule has 1 aromatic rings. The molecule has 0 radical (unpaired) electrons. The zero-order chi connectivity index (χ0) is 13.8. The van der Waals surface area contributed by atoms with Gasteiger partial charge in [0.1, 0.15) is 5.82 Å². The smallest absolute Gasteiger partial charge is 0.222 e. The number of carbonyl (C=O) groups is 1. The molecular formula is C14H18BrFN2O. The van der Waals surface area contributed by atoms with Crippen LogP contribution in [0.25, 0.3) is 0 Å². The second-order valence-electron chi connectivity index (χ2n) is 4.88. The van der Waals surface area contributed by atoms with E-state index < -0.39 is 0 Å². The molecule has 1 aliphatic rings. The van der Waals surface area contributed by atoms with Crippen LogP contribution in [-0.4, -0.2) is 30.9 Å². The lowest BCUT2D eigenvalue weighted by atomic mass is 9.95. The molecule has 1 N–H and O–H groups in total. The van der Waals surface area contributed by atoms with Gasteiger partial charge in [0.2, 0.25) is 5.91 Å². The Hall–Kier alpha value is -0.940. The highest BCUT2D eigenvalue weighted by Crippen LogP contribution is 2.24. The van der Waals surface area contributed by atoms with E-state index in [1.807, 2.05) is 6.07 Å². The highest BCUT2D eigenvalue weighted by atomic mass is 79.9. The van der Waals surface area contributed by atoms with Gasteiger partial charge in [-0.15, -0.1) is 0 Å². The first-order valence-corrected chi connectivity index (χ1v) is 7.28. The van der Waals surface area contributed by atoms with Gasteiger partial charge in [-0.1, -0.05) is 12.1 Å². The van der Waals surface area contributed by atoms with E-state index in [-0.39, 0.29) is 17.6 Å². The molecular weight excluding hydrogens is 311 g/mol. The quantitative estimate of drug-likeness (QED) is 0.924. The van der Waals surface area contributed by atoms with E-state index in [2.05, 4.69) is 26.1 Å². The molecule has 0 saturated carbocycles. The van der Waals surface area contributed by atoms with Gasteiger partial charge in [-0.25, -0.2) is 4.39 Å². The van der Waals surface area contributed by atoms with Crippen LogP contribution in [0.1, 0.15) is 18.4 Å². The molecule has 1 heterocycles. The van der Waals surface area contributed by atoms with Crippen LogP contribution in [-0.2, 0) is 11.3 Å². The summed E-state index contributed by atoms with van der Waals surface area (Å²) in [7, 11) is 1.68. The maximum Gasteiger partial charge on any atom is 0.222 e. The van der Waals surface area contributed by atoms with Crippen molar-refractivity contribution < 1.29 is 9.18 Å². The number of nitrogens with one attached hydrogen (secondary N) is 1. The minimum absolute atomic E-state index is 0.122. The molecule has 0 aromatic heterocycles. The molecule has 1 aliphatic heterocycles. The summed E-state index contributed by atoms with van der Waals surface area (Å²) >= 11 is 3.29. The predicted octanol–water partition coefficient (Wildman–Crippen LogP) is 2.55. The maximum absolute atomic E-state index is 13.4. The van der Waals surface area contributed by atoms with Crippen LogP contribution in [0, 0.1) is 11.7 Å². The number of benzene rings is 1. The van der Waals surface area contributed by atoms with E-state index in [4.69, 9.17) is 0 Å². The summed E-state index contributed by atoms with van der Waals surface area (Å²) in [6, 6.07) is 5.11. The average molecular weight is 329 g/mol. The Labute approximate surface area is 121 Å². The predicted molar refractivity (Wildman–Crippen MR) is 76.2 cm³/mol. The Bertz CT molecular complexity index is 459. The fraction of sp³-hybridized carbons (Fsp3) is 0.500. The van der Waals surface area contributed by atoms with Crippen molar-refractivity contribution >= 4 is 21.8 Å². The number of rotatable bonds is 3. The number of carbonyl (C=O) groups excluding carboxylic acids is 1. The summed E-state index contributed by atoms with van der Waals surface area (Å²) in [6.45, 7) is 2.47. The first-order chi connectivity index (χ1) is 9.11. The summed E-state index contributed by atoms with van der Waals surface area (Å²) in [5, 5.41) is 2.70. The molecule has 19 heavy (non-hydrogen) atoms. The molecule has 0 unspecified atom stereocenters. The number of halogens is 2. The van der Waals surface area contributed by atoms with Crippen molar-refractivity contribution in [1.29, 1.82) is 0 Å². The highest BCUT2D eigenvalue weighted by Gasteiger charge is 2.24. The Balaban J connectivity index is 1.92. The standard InChI is InChI=1S/C14H18BrFN2O/c1-17-14(19)10-5-7-18(8-6-10)9-11-3-2-4-12(16)13(11)15/h2-4,10H,5-9H2,1H3,(H,17,19). The number of likely N-dealkylation sites (tertiary alicyclic amines) is 1. The molecule has 2 rings (SSSR count). The van der Waals surface area contributed by atoms with Gasteiger partial charge >= 0.3 is 0 Å². The van der Waals surface area contributed by atoms with Gasteiger partial charge in [0.15, 0.2) is 0 Å². The van der Waals surface area contributed by atoms with Crippen LogP contribution in [0.15, 0.2) is 22.7 Å². The van der Waals surface area contributed by atoms with Gasteiger partial charge in [0.25, 0.3) is 0 Å². The van der Waals surface area contributed by atoms with Gasteiger partial charge in [0.05, 0.1) is 4.47 Å². The summed E-state index contributed by atoms with van der Waals surface area (Å²) in [5.74, 6) is 0.0292. The summed E-state index contributed by atoms with van der Waals surface area (Å²) in [6.07, 6.45) is 1.74. The molecule has 1 fully saturated rings. The molecule has 1 amide bonds. The van der Waals surface area contributed by atoms with Crippen LogP contribution < -0.4 is 5.32 Å². The van der Waals surface area contributed by atoms with Crippen LogP contribution in [0.4, 0.5) is 4.39 Å². The lowest BCUT2D eigenvalue weighted by molar-refractivity contribution is -0.125. The number of hydrogen-bond acceptors (Lipinski definition) is 2. The summed E-state index contributed by atoms with van der Waals surface area (Å²) in [4.78, 5) is 13.8. The number of piperidine rings is 1. The minimum Gasteiger partial charge on any atom is -0.359 e. The summed E-state index contributed by atoms with van der Waals surface area (Å²) in [5.41, 5.74) is 0.957. The number of amides is 1. The van der Waals surface area contributed by atoms with E-state index in [1.165, 1.54) is 6.07 Å². The second kappa shape index (κ2) is 6.48. The van der Waals surface area contributed by atoms with Crippen molar-refractivity contribution in [2.75, 3.05) is 20.1 Å². The van der Waals surface area contributed by atoms with Crippen LogP contribution >= 0.6 is 15.9 Å². The molecule has 1 aromatic carbocycles. The Morgan fingerprint density at radius 2 is 2.16 bits per heavy atom. The third-order valence-electron chi connectivity index (χ3n) is 3.63. The third-order valence-corrected chi connectivity index (χ3v) is 4.52.